The number of rotatable bonds is 10. The van der Waals surface area contributed by atoms with Gasteiger partial charge in [0.2, 0.25) is 25.4 Å². The minimum Gasteiger partial charge on any atom is -0.495 e. The Balaban J connectivity index is 0.000000144. The summed E-state index contributed by atoms with van der Waals surface area (Å²) in [5.41, 5.74) is 9.29. The average molecular weight is 888 g/mol. The molecule has 4 heterocycles. The molecular formula is C46H43BrN6O8. The highest BCUT2D eigenvalue weighted by atomic mass is 79.9. The fourth-order valence-electron chi connectivity index (χ4n) is 6.98. The number of anilines is 5. The molecule has 0 saturated heterocycles. The third-order valence-corrected chi connectivity index (χ3v) is 11.2. The van der Waals surface area contributed by atoms with Gasteiger partial charge in [0.1, 0.15) is 21.9 Å². The number of nitrogens with one attached hydrogen (secondary N) is 3. The van der Waals surface area contributed by atoms with Crippen molar-refractivity contribution in [3.05, 3.63) is 137 Å². The normalized spacial score (nSPS) is 15.1. The number of nitrogen functional groups attached to an aromatic ring is 1. The molecule has 0 spiro atoms. The van der Waals surface area contributed by atoms with Crippen molar-refractivity contribution in [2.24, 2.45) is 0 Å². The smallest absolute Gasteiger partial charge is 0.235 e. The van der Waals surface area contributed by atoms with Gasteiger partial charge in [-0.3, -0.25) is 9.59 Å². The lowest BCUT2D eigenvalue weighted by Gasteiger charge is -2.16. The third-order valence-electron chi connectivity index (χ3n) is 10.7. The van der Waals surface area contributed by atoms with Gasteiger partial charge in [0.15, 0.2) is 23.0 Å². The predicted molar refractivity (Wildman–Crippen MR) is 234 cm³/mol. The molecule has 10 rings (SSSR count). The lowest BCUT2D eigenvalue weighted by molar-refractivity contribution is -0.119. The highest BCUT2D eigenvalue weighted by molar-refractivity contribution is 9.10. The summed E-state index contributed by atoms with van der Waals surface area (Å²) >= 11 is 3.28. The summed E-state index contributed by atoms with van der Waals surface area (Å²) in [6.07, 6.45) is 6.56. The summed E-state index contributed by atoms with van der Waals surface area (Å²) in [6, 6.07) is 33.7. The van der Waals surface area contributed by atoms with Gasteiger partial charge in [0, 0.05) is 0 Å². The van der Waals surface area contributed by atoms with Crippen LogP contribution < -0.4 is 50.1 Å². The largest absolute Gasteiger partial charge is 0.495 e. The van der Waals surface area contributed by atoms with Gasteiger partial charge in [-0.1, -0.05) is 36.4 Å². The number of fused-ring (bicyclic) bond motifs is 2. The van der Waals surface area contributed by atoms with Crippen LogP contribution in [0.1, 0.15) is 36.8 Å². The number of nitrogens with zero attached hydrogens (tertiary/aromatic N) is 2. The van der Waals surface area contributed by atoms with E-state index in [0.717, 1.165) is 70.1 Å². The Morgan fingerprint density at radius 2 is 1.13 bits per heavy atom. The topological polar surface area (TPSA) is 177 Å². The Kier molecular flexibility index (Phi) is 11.8. The first-order chi connectivity index (χ1) is 29.7. The summed E-state index contributed by atoms with van der Waals surface area (Å²) in [5, 5.41) is 9.16. The zero-order chi connectivity index (χ0) is 42.4. The van der Waals surface area contributed by atoms with Gasteiger partial charge >= 0.3 is 0 Å². The zero-order valence-electron chi connectivity index (χ0n) is 33.4. The summed E-state index contributed by atoms with van der Waals surface area (Å²) in [4.78, 5) is 34.2. The fraction of sp³-hybridized carbons (Fsp3) is 0.217. The Labute approximate surface area is 360 Å². The van der Waals surface area contributed by atoms with Crippen molar-refractivity contribution >= 4 is 56.3 Å². The molecule has 2 amide bonds. The summed E-state index contributed by atoms with van der Waals surface area (Å²) in [5.74, 6) is 4.95. The van der Waals surface area contributed by atoms with Crippen molar-refractivity contribution in [1.29, 1.82) is 0 Å². The average Bonchev–Trinajstić information content (AvgIpc) is 4.18. The van der Waals surface area contributed by atoms with Gasteiger partial charge < -0.3 is 50.1 Å². The second-order valence-corrected chi connectivity index (χ2v) is 15.4. The monoisotopic (exact) mass is 886 g/mol. The summed E-state index contributed by atoms with van der Waals surface area (Å²) in [6.45, 7) is 0.460. The quantitative estimate of drug-likeness (QED) is 0.0761. The molecule has 0 radical (unpaired) electrons. The van der Waals surface area contributed by atoms with Crippen LogP contribution in [0.25, 0.3) is 0 Å². The van der Waals surface area contributed by atoms with Gasteiger partial charge in [0.05, 0.1) is 60.2 Å². The number of pyridine rings is 2. The van der Waals surface area contributed by atoms with Crippen molar-refractivity contribution in [3.63, 3.8) is 0 Å². The van der Waals surface area contributed by atoms with Crippen molar-refractivity contribution in [2.45, 2.75) is 36.5 Å². The van der Waals surface area contributed by atoms with Gasteiger partial charge in [-0.25, -0.2) is 9.97 Å². The Hall–Kier alpha value is -7.00. The van der Waals surface area contributed by atoms with Gasteiger partial charge in [0.25, 0.3) is 0 Å². The van der Waals surface area contributed by atoms with Crippen molar-refractivity contribution < 1.29 is 38.0 Å². The van der Waals surface area contributed by atoms with E-state index in [1.165, 1.54) is 0 Å². The SMILES string of the molecule is COc1ccccc1N.COc1ccccc1Nc1ccc(NC(=O)C2(c3ccc4c(c3)OCO4)CC2)cn1.O=C(Nc1ccc(Br)nc1)C1(c2ccc3c(c2)OCO3)CC1. The molecule has 6 aromatic rings. The van der Waals surface area contributed by atoms with E-state index >= 15 is 0 Å². The molecule has 4 aromatic carbocycles. The van der Waals surface area contributed by atoms with E-state index in [0.29, 0.717) is 34.4 Å². The van der Waals surface area contributed by atoms with E-state index in [2.05, 4.69) is 41.8 Å². The first-order valence-electron chi connectivity index (χ1n) is 19.5. The molecule has 0 unspecified atom stereocenters. The number of benzene rings is 4. The summed E-state index contributed by atoms with van der Waals surface area (Å²) < 4.78 is 32.5. The minimum absolute atomic E-state index is 0.00418. The van der Waals surface area contributed by atoms with Crippen LogP contribution in [0.2, 0.25) is 0 Å². The number of nitrogens with two attached hydrogens (primary N) is 1. The number of carbonyl (C=O) groups is 2. The van der Waals surface area contributed by atoms with Crippen LogP contribution in [0, 0.1) is 0 Å². The van der Waals surface area contributed by atoms with E-state index in [9.17, 15) is 9.59 Å². The highest BCUT2D eigenvalue weighted by Gasteiger charge is 2.52. The highest BCUT2D eigenvalue weighted by Crippen LogP contribution is 2.52. The van der Waals surface area contributed by atoms with E-state index in [-0.39, 0.29) is 25.4 Å². The maximum Gasteiger partial charge on any atom is 0.235 e. The fourth-order valence-corrected chi connectivity index (χ4v) is 7.21. The van der Waals surface area contributed by atoms with E-state index < -0.39 is 10.8 Å². The number of methoxy groups -OCH3 is 2. The van der Waals surface area contributed by atoms with Gasteiger partial charge in [-0.05, 0) is 126 Å². The number of aromatic nitrogens is 2. The molecule has 2 aromatic heterocycles. The van der Waals surface area contributed by atoms with Crippen molar-refractivity contribution in [3.8, 4) is 34.5 Å². The molecule has 14 nitrogen and oxygen atoms in total. The number of carbonyl (C=O) groups excluding carboxylic acids is 2. The van der Waals surface area contributed by atoms with Crippen LogP contribution in [0.15, 0.2) is 126 Å². The molecule has 2 aliphatic heterocycles. The summed E-state index contributed by atoms with van der Waals surface area (Å²) in [7, 11) is 3.23. The van der Waals surface area contributed by atoms with Crippen LogP contribution in [0.5, 0.6) is 34.5 Å². The molecule has 312 valence electrons. The molecule has 4 aliphatic rings. The molecule has 5 N–H and O–H groups in total. The number of amides is 2. The second-order valence-electron chi connectivity index (χ2n) is 14.6. The van der Waals surface area contributed by atoms with Crippen LogP contribution >= 0.6 is 15.9 Å². The first kappa shape index (κ1) is 40.8. The Morgan fingerprint density at radius 3 is 1.61 bits per heavy atom. The maximum absolute atomic E-state index is 13.0. The number of para-hydroxylation sites is 4. The lowest BCUT2D eigenvalue weighted by Crippen LogP contribution is -2.27. The molecule has 0 bridgehead atoms. The maximum atomic E-state index is 13.0. The van der Waals surface area contributed by atoms with Crippen LogP contribution in [-0.4, -0.2) is 49.6 Å². The van der Waals surface area contributed by atoms with E-state index in [4.69, 9.17) is 34.2 Å². The van der Waals surface area contributed by atoms with Gasteiger partial charge in [-0.15, -0.1) is 0 Å². The third kappa shape index (κ3) is 9.11. The Bertz CT molecular complexity index is 2530. The van der Waals surface area contributed by atoms with E-state index in [1.54, 1.807) is 38.7 Å². The first-order valence-corrected chi connectivity index (χ1v) is 20.3. The molecule has 2 fully saturated rings. The van der Waals surface area contributed by atoms with Crippen LogP contribution in [0.4, 0.5) is 28.6 Å². The van der Waals surface area contributed by atoms with Gasteiger partial charge in [-0.2, -0.15) is 0 Å². The van der Waals surface area contributed by atoms with Crippen molar-refractivity contribution in [1.82, 2.24) is 9.97 Å². The molecule has 61 heavy (non-hydrogen) atoms. The standard InChI is InChI=1S/C23H21N3O4.C16H13BrN2O3.C7H9NO/c1-28-18-5-3-2-4-17(18)26-21-9-7-16(13-24-21)25-22(27)23(10-11-23)15-6-8-19-20(12-15)30-14-29-19;17-14-4-2-11(8-18-14)19-15(20)16(5-6-16)10-1-3-12-13(7-10)22-9-21-12;1-9-7-5-3-2-4-6(7)8/h2-9,12-13H,10-11,14H2,1H3,(H,24,26)(H,25,27);1-4,7-8H,5-6,9H2,(H,19,20);2-5H,8H2,1H3. The Morgan fingerprint density at radius 1 is 0.623 bits per heavy atom. The molecule has 2 aliphatic carbocycles. The zero-order valence-corrected chi connectivity index (χ0v) is 35.0. The van der Waals surface area contributed by atoms with E-state index in [1.807, 2.05) is 97.1 Å². The van der Waals surface area contributed by atoms with Crippen LogP contribution in [0.3, 0.4) is 0 Å². The second kappa shape index (κ2) is 17.7. The number of ether oxygens (including phenoxy) is 6. The van der Waals surface area contributed by atoms with Crippen LogP contribution in [-0.2, 0) is 20.4 Å². The number of hydrogen-bond donors (Lipinski definition) is 4. The molecule has 0 atom stereocenters. The molecule has 15 heteroatoms. The lowest BCUT2D eigenvalue weighted by atomic mass is 9.94. The molecular weight excluding hydrogens is 844 g/mol. The van der Waals surface area contributed by atoms with Crippen molar-refractivity contribution in [2.75, 3.05) is 49.5 Å². The minimum atomic E-state index is -0.519. The molecule has 2 saturated carbocycles. The number of halogens is 1. The number of hydrogen-bond acceptors (Lipinski definition) is 12. The predicted octanol–water partition coefficient (Wildman–Crippen LogP) is 8.75.